The number of carbonyl (C=O) groups is 2. The summed E-state index contributed by atoms with van der Waals surface area (Å²) in [6.45, 7) is 6.03. The molecule has 0 atom stereocenters. The minimum absolute atomic E-state index is 0.209. The molecule has 36 heavy (non-hydrogen) atoms. The third kappa shape index (κ3) is 12.1. The van der Waals surface area contributed by atoms with E-state index in [2.05, 4.69) is 19.2 Å². The highest BCUT2D eigenvalue weighted by molar-refractivity contribution is 5.98. The molecule has 1 fully saturated rings. The van der Waals surface area contributed by atoms with E-state index in [0.717, 1.165) is 41.6 Å². The predicted octanol–water partition coefficient (Wildman–Crippen LogP) is 7.97. The fourth-order valence-electron chi connectivity index (χ4n) is 3.44. The summed E-state index contributed by atoms with van der Waals surface area (Å²) >= 11 is 0. The fourth-order valence-corrected chi connectivity index (χ4v) is 3.44. The van der Waals surface area contributed by atoms with Gasteiger partial charge in [-0.2, -0.15) is 0 Å². The normalized spacial score (nSPS) is 12.8. The third-order valence-electron chi connectivity index (χ3n) is 6.05. The van der Waals surface area contributed by atoms with Gasteiger partial charge in [0.15, 0.2) is 0 Å². The van der Waals surface area contributed by atoms with Crippen molar-refractivity contribution in [2.75, 3.05) is 5.32 Å². The van der Waals surface area contributed by atoms with Crippen molar-refractivity contribution >= 4 is 34.8 Å². The van der Waals surface area contributed by atoms with Crippen LogP contribution in [0.2, 0.25) is 0 Å². The van der Waals surface area contributed by atoms with Gasteiger partial charge in [0.1, 0.15) is 12.1 Å². The van der Waals surface area contributed by atoms with Gasteiger partial charge in [0, 0.05) is 35.3 Å². The van der Waals surface area contributed by atoms with Crippen LogP contribution in [0, 0.1) is 0 Å². The van der Waals surface area contributed by atoms with Crippen molar-refractivity contribution < 1.29 is 9.59 Å². The second-order valence-electron chi connectivity index (χ2n) is 9.28. The Kier molecular flexibility index (Phi) is 16.5. The highest BCUT2D eigenvalue weighted by Gasteiger charge is 2.16. The number of rotatable bonds is 8. The summed E-state index contributed by atoms with van der Waals surface area (Å²) in [5, 5.41) is 3.36. The zero-order chi connectivity index (χ0) is 26.6. The largest absolute Gasteiger partial charge is 0.396 e. The maximum atomic E-state index is 10.3. The van der Waals surface area contributed by atoms with Gasteiger partial charge in [0.2, 0.25) is 0 Å². The molecular weight excluding hydrogens is 446 g/mol. The Bertz CT molecular complexity index is 871. The number of nitrogens with two attached hydrogens (primary N) is 2. The van der Waals surface area contributed by atoms with Gasteiger partial charge in [-0.3, -0.25) is 0 Å². The molecule has 0 aromatic heterocycles. The van der Waals surface area contributed by atoms with Gasteiger partial charge in [-0.1, -0.05) is 102 Å². The van der Waals surface area contributed by atoms with Gasteiger partial charge >= 0.3 is 0 Å². The lowest BCUT2D eigenvalue weighted by Crippen LogP contribution is -2.06. The second-order valence-corrected chi connectivity index (χ2v) is 9.28. The fraction of sp³-hybridized carbons (Fsp3) is 0.484. The Hall–Kier alpha value is -3.08. The quantitative estimate of drug-likeness (QED) is 0.256. The molecule has 1 saturated carbocycles. The Labute approximate surface area is 218 Å². The lowest BCUT2D eigenvalue weighted by Gasteiger charge is -2.09. The van der Waals surface area contributed by atoms with E-state index in [0.29, 0.717) is 24.2 Å². The molecule has 0 saturated heterocycles. The van der Waals surface area contributed by atoms with Gasteiger partial charge < -0.3 is 26.4 Å². The predicted molar refractivity (Wildman–Crippen MR) is 155 cm³/mol. The van der Waals surface area contributed by atoms with Crippen molar-refractivity contribution in [3.05, 3.63) is 59.7 Å². The summed E-state index contributed by atoms with van der Waals surface area (Å²) in [4.78, 5) is 20.1. The lowest BCUT2D eigenvalue weighted by molar-refractivity contribution is -0.117. The van der Waals surface area contributed by atoms with Gasteiger partial charge in [0.05, 0.1) is 11.4 Å². The first kappa shape index (κ1) is 31.0. The number of Topliss-reactive ketones (excluding diaryl/α,β-unsaturated/α-hetero) is 1. The van der Waals surface area contributed by atoms with E-state index in [4.69, 9.17) is 11.5 Å². The average Bonchev–Trinajstić information content (AvgIpc) is 2.95. The first-order valence-electron chi connectivity index (χ1n) is 13.6. The monoisotopic (exact) mass is 493 g/mol. The van der Waals surface area contributed by atoms with Crippen molar-refractivity contribution in [2.45, 2.75) is 97.8 Å². The number of fused-ring (bicyclic) bond motifs is 2. The van der Waals surface area contributed by atoms with Crippen molar-refractivity contribution in [1.82, 2.24) is 0 Å². The number of anilines is 2. The number of hydrogen-bond acceptors (Lipinski definition) is 5. The first-order valence-corrected chi connectivity index (χ1v) is 13.6. The van der Waals surface area contributed by atoms with E-state index >= 15 is 0 Å². The average molecular weight is 494 g/mol. The van der Waals surface area contributed by atoms with Gasteiger partial charge in [0.25, 0.3) is 0 Å². The van der Waals surface area contributed by atoms with E-state index in [1.165, 1.54) is 51.4 Å². The molecular formula is C31H47N3O2. The minimum atomic E-state index is 0.209. The molecule has 0 radical (unpaired) electrons. The Morgan fingerprint density at radius 2 is 1.22 bits per heavy atom. The number of para-hydroxylation sites is 2. The number of hydrogen-bond donors (Lipinski definition) is 3. The zero-order valence-corrected chi connectivity index (χ0v) is 22.7. The molecule has 1 heterocycles. The number of unbranched alkanes of at least 4 members (excludes halogenated alkanes) is 5. The first-order chi connectivity index (χ1) is 17.5. The molecule has 2 aromatic carbocycles. The molecule has 0 amide bonds. The van der Waals surface area contributed by atoms with Crippen molar-refractivity contribution in [3.8, 4) is 0 Å². The molecule has 2 aliphatic rings. The molecule has 5 nitrogen and oxygen atoms in total. The van der Waals surface area contributed by atoms with Crippen LogP contribution in [-0.2, 0) is 9.59 Å². The van der Waals surface area contributed by atoms with Crippen LogP contribution in [0.15, 0.2) is 48.5 Å². The summed E-state index contributed by atoms with van der Waals surface area (Å²) in [7, 11) is 0. The summed E-state index contributed by atoms with van der Waals surface area (Å²) in [5.74, 6) is 0.209. The summed E-state index contributed by atoms with van der Waals surface area (Å²) < 4.78 is 0. The van der Waals surface area contributed by atoms with Gasteiger partial charge in [-0.25, -0.2) is 0 Å². The van der Waals surface area contributed by atoms with Crippen LogP contribution < -0.4 is 16.8 Å². The smallest absolute Gasteiger partial charge is 0.129 e. The summed E-state index contributed by atoms with van der Waals surface area (Å²) in [6.07, 6.45) is 15.3. The molecule has 2 aromatic rings. The number of aldehydes is 1. The third-order valence-corrected chi connectivity index (χ3v) is 6.05. The summed E-state index contributed by atoms with van der Waals surface area (Å²) in [5.41, 5.74) is 17.3. The van der Waals surface area contributed by atoms with Crippen LogP contribution in [0.1, 0.15) is 109 Å². The molecule has 5 N–H and O–H groups in total. The second kappa shape index (κ2) is 19.1. The van der Waals surface area contributed by atoms with Crippen LogP contribution in [0.5, 0.6) is 0 Å². The maximum absolute atomic E-state index is 10.3. The molecule has 4 rings (SSSR count). The summed E-state index contributed by atoms with van der Waals surface area (Å²) in [6, 6.07) is 15.8. The number of ketones is 1. The molecule has 0 unspecified atom stereocenters. The van der Waals surface area contributed by atoms with Crippen molar-refractivity contribution in [2.24, 2.45) is 11.5 Å². The van der Waals surface area contributed by atoms with E-state index in [1.807, 2.05) is 48.5 Å². The van der Waals surface area contributed by atoms with Crippen LogP contribution in [0.3, 0.4) is 0 Å². The van der Waals surface area contributed by atoms with E-state index < -0.39 is 0 Å². The Morgan fingerprint density at radius 1 is 0.778 bits per heavy atom. The van der Waals surface area contributed by atoms with Crippen molar-refractivity contribution in [3.63, 3.8) is 0 Å². The number of carbonyl (C=O) groups excluding carboxylic acids is 2. The van der Waals surface area contributed by atoms with Crippen LogP contribution in [0.25, 0.3) is 11.4 Å². The maximum Gasteiger partial charge on any atom is 0.129 e. The molecule has 198 valence electrons. The SMILES string of the molecule is C1CCC1.CC(=O)CCCCC=O.CCCCCC.NC1=C(N)c2ccccc2Nc2ccccc21. The van der Waals surface area contributed by atoms with Crippen LogP contribution >= 0.6 is 0 Å². The minimum Gasteiger partial charge on any atom is -0.396 e. The molecule has 5 heteroatoms. The molecule has 1 aliphatic carbocycles. The molecule has 0 bridgehead atoms. The lowest BCUT2D eigenvalue weighted by atomic mass is 10.0. The standard InChI is InChI=1S/C14H13N3.C7H12O2.C6H14.C4H8/c15-13-9-5-1-3-7-11(9)17-12-8-4-2-6-10(12)14(13)16;1-7(9)5-3-2-4-6-8;1-3-5-6-4-2;1-2-4-3-1/h1-8,17H,15-16H2;6H,2-5H2,1H3;3-6H2,1-2H3;1-4H2. The topological polar surface area (TPSA) is 98.2 Å². The van der Waals surface area contributed by atoms with Gasteiger partial charge in [-0.15, -0.1) is 0 Å². The van der Waals surface area contributed by atoms with E-state index in [9.17, 15) is 9.59 Å². The zero-order valence-electron chi connectivity index (χ0n) is 22.7. The number of benzene rings is 2. The number of nitrogens with one attached hydrogen (secondary N) is 1. The molecule has 1 aliphatic heterocycles. The van der Waals surface area contributed by atoms with Gasteiger partial charge in [-0.05, 0) is 31.9 Å². The Balaban J connectivity index is 0.000000286. The van der Waals surface area contributed by atoms with Crippen LogP contribution in [0.4, 0.5) is 11.4 Å². The molecule has 0 spiro atoms. The Morgan fingerprint density at radius 3 is 1.58 bits per heavy atom. The highest BCUT2D eigenvalue weighted by atomic mass is 16.1. The highest BCUT2D eigenvalue weighted by Crippen LogP contribution is 2.34. The van der Waals surface area contributed by atoms with Crippen molar-refractivity contribution in [1.29, 1.82) is 0 Å². The van der Waals surface area contributed by atoms with E-state index in [-0.39, 0.29) is 5.78 Å². The van der Waals surface area contributed by atoms with E-state index in [1.54, 1.807) is 6.92 Å². The van der Waals surface area contributed by atoms with Crippen LogP contribution in [-0.4, -0.2) is 12.1 Å².